The molecule has 0 radical (unpaired) electrons. The Morgan fingerprint density at radius 2 is 1.75 bits per heavy atom. The molecule has 1 heterocycles. The molecule has 2 aromatic carbocycles. The Bertz CT molecular complexity index is 652. The molecule has 0 bridgehead atoms. The lowest BCUT2D eigenvalue weighted by atomic mass is 10.1. The summed E-state index contributed by atoms with van der Waals surface area (Å²) in [7, 11) is 0. The molecule has 0 fully saturated rings. The molecule has 0 aliphatic heterocycles. The first kappa shape index (κ1) is 9.43. The molecule has 2 nitrogen and oxygen atoms in total. The number of aromatic nitrogens is 1. The molecule has 1 aromatic heterocycles. The number of hydrogen-bond acceptors (Lipinski definition) is 1. The van der Waals surface area contributed by atoms with Gasteiger partial charge in [-0.25, -0.2) is 0 Å². The summed E-state index contributed by atoms with van der Waals surface area (Å²) in [5.41, 5.74) is 3.11. The van der Waals surface area contributed by atoms with E-state index in [1.807, 2.05) is 24.3 Å². The van der Waals surface area contributed by atoms with E-state index in [4.69, 9.17) is 0 Å². The Morgan fingerprint density at radius 3 is 2.56 bits per heavy atom. The van der Waals surface area contributed by atoms with Crippen molar-refractivity contribution in [2.75, 3.05) is 0 Å². The van der Waals surface area contributed by atoms with E-state index < -0.39 is 6.10 Å². The van der Waals surface area contributed by atoms with Gasteiger partial charge in [0.15, 0.2) is 0 Å². The highest BCUT2D eigenvalue weighted by Crippen LogP contribution is 2.29. The van der Waals surface area contributed by atoms with Crippen molar-refractivity contribution < 1.29 is 5.11 Å². The first-order valence-electron chi connectivity index (χ1n) is 5.45. The molecule has 0 amide bonds. The monoisotopic (exact) mass is 211 g/mol. The third-order valence-corrected chi connectivity index (χ3v) is 3.02. The smallest absolute Gasteiger partial charge is 0.0782 e. The Morgan fingerprint density at radius 1 is 1.00 bits per heavy atom. The Hall–Kier alpha value is -1.80. The fourth-order valence-corrected chi connectivity index (χ4v) is 2.24. The zero-order valence-corrected chi connectivity index (χ0v) is 9.07. The van der Waals surface area contributed by atoms with E-state index in [0.29, 0.717) is 0 Å². The lowest BCUT2D eigenvalue weighted by molar-refractivity contribution is 0.200. The SMILES string of the molecule is CC(O)c1cccc2c1[nH]c1ccccc12. The molecule has 0 spiro atoms. The zero-order chi connectivity index (χ0) is 11.1. The quantitative estimate of drug-likeness (QED) is 0.636. The van der Waals surface area contributed by atoms with Crippen LogP contribution in [0, 0.1) is 0 Å². The second kappa shape index (κ2) is 3.35. The van der Waals surface area contributed by atoms with E-state index >= 15 is 0 Å². The normalized spacial score (nSPS) is 13.4. The number of aliphatic hydroxyl groups is 1. The maximum atomic E-state index is 9.73. The second-order valence-corrected chi connectivity index (χ2v) is 4.12. The fraction of sp³-hybridized carbons (Fsp3) is 0.143. The highest BCUT2D eigenvalue weighted by molar-refractivity contribution is 6.08. The molecule has 0 saturated carbocycles. The molecule has 0 aliphatic carbocycles. The lowest BCUT2D eigenvalue weighted by Gasteiger charge is -2.05. The summed E-state index contributed by atoms with van der Waals surface area (Å²) in [6.07, 6.45) is -0.447. The van der Waals surface area contributed by atoms with Crippen LogP contribution in [0.25, 0.3) is 21.8 Å². The largest absolute Gasteiger partial charge is 0.389 e. The molecule has 3 aromatic rings. The zero-order valence-electron chi connectivity index (χ0n) is 9.07. The van der Waals surface area contributed by atoms with Gasteiger partial charge < -0.3 is 10.1 Å². The predicted octanol–water partition coefficient (Wildman–Crippen LogP) is 3.37. The Labute approximate surface area is 93.5 Å². The predicted molar refractivity (Wildman–Crippen MR) is 66.4 cm³/mol. The summed E-state index contributed by atoms with van der Waals surface area (Å²) in [5, 5.41) is 12.1. The molecule has 0 aliphatic rings. The van der Waals surface area contributed by atoms with Crippen molar-refractivity contribution in [1.29, 1.82) is 0 Å². The lowest BCUT2D eigenvalue weighted by Crippen LogP contribution is -1.91. The fourth-order valence-electron chi connectivity index (χ4n) is 2.24. The van der Waals surface area contributed by atoms with E-state index in [9.17, 15) is 5.11 Å². The van der Waals surface area contributed by atoms with Crippen molar-refractivity contribution in [3.63, 3.8) is 0 Å². The van der Waals surface area contributed by atoms with Crippen molar-refractivity contribution in [2.24, 2.45) is 0 Å². The van der Waals surface area contributed by atoms with Crippen LogP contribution in [0.4, 0.5) is 0 Å². The number of benzene rings is 2. The molecule has 16 heavy (non-hydrogen) atoms. The van der Waals surface area contributed by atoms with Gasteiger partial charge in [-0.05, 0) is 13.0 Å². The van der Waals surface area contributed by atoms with Crippen LogP contribution < -0.4 is 0 Å². The Balaban J connectivity index is 2.49. The van der Waals surface area contributed by atoms with Gasteiger partial charge in [-0.2, -0.15) is 0 Å². The molecule has 3 rings (SSSR count). The van der Waals surface area contributed by atoms with Crippen molar-refractivity contribution >= 4 is 21.8 Å². The van der Waals surface area contributed by atoms with Gasteiger partial charge >= 0.3 is 0 Å². The van der Waals surface area contributed by atoms with Crippen LogP contribution in [0.2, 0.25) is 0 Å². The van der Waals surface area contributed by atoms with E-state index in [-0.39, 0.29) is 0 Å². The second-order valence-electron chi connectivity index (χ2n) is 4.12. The van der Waals surface area contributed by atoms with Crippen molar-refractivity contribution in [3.05, 3.63) is 48.0 Å². The standard InChI is InChI=1S/C14H13NO/c1-9(16)10-6-4-7-12-11-5-2-3-8-13(11)15-14(10)12/h2-9,15-16H,1H3. The van der Waals surface area contributed by atoms with Crippen LogP contribution >= 0.6 is 0 Å². The summed E-state index contributed by atoms with van der Waals surface area (Å²) in [6.45, 7) is 1.79. The van der Waals surface area contributed by atoms with Gasteiger partial charge in [-0.15, -0.1) is 0 Å². The minimum absolute atomic E-state index is 0.447. The minimum atomic E-state index is -0.447. The summed E-state index contributed by atoms with van der Waals surface area (Å²) in [6, 6.07) is 14.2. The number of H-pyrrole nitrogens is 1. The summed E-state index contributed by atoms with van der Waals surface area (Å²) >= 11 is 0. The van der Waals surface area contributed by atoms with Gasteiger partial charge in [-0.1, -0.05) is 36.4 Å². The van der Waals surface area contributed by atoms with Gasteiger partial charge in [0.1, 0.15) is 0 Å². The number of nitrogens with one attached hydrogen (secondary N) is 1. The van der Waals surface area contributed by atoms with E-state index in [1.54, 1.807) is 6.92 Å². The minimum Gasteiger partial charge on any atom is -0.389 e. The number of rotatable bonds is 1. The van der Waals surface area contributed by atoms with Crippen LogP contribution in [0.5, 0.6) is 0 Å². The number of aliphatic hydroxyl groups excluding tert-OH is 1. The molecule has 2 N–H and O–H groups in total. The summed E-state index contributed by atoms with van der Waals surface area (Å²) in [4.78, 5) is 3.37. The third kappa shape index (κ3) is 1.24. The topological polar surface area (TPSA) is 36.0 Å². The van der Waals surface area contributed by atoms with E-state index in [2.05, 4.69) is 23.2 Å². The highest BCUT2D eigenvalue weighted by atomic mass is 16.3. The van der Waals surface area contributed by atoms with Crippen molar-refractivity contribution in [2.45, 2.75) is 13.0 Å². The van der Waals surface area contributed by atoms with Crippen molar-refractivity contribution in [3.8, 4) is 0 Å². The number of para-hydroxylation sites is 2. The molecule has 1 atom stereocenters. The third-order valence-electron chi connectivity index (χ3n) is 3.02. The van der Waals surface area contributed by atoms with Crippen LogP contribution in [0.1, 0.15) is 18.6 Å². The molecule has 2 heteroatoms. The molecular weight excluding hydrogens is 198 g/mol. The van der Waals surface area contributed by atoms with Gasteiger partial charge in [0.05, 0.1) is 11.6 Å². The first-order valence-corrected chi connectivity index (χ1v) is 5.45. The molecular formula is C14H13NO. The van der Waals surface area contributed by atoms with E-state index in [1.165, 1.54) is 10.8 Å². The number of hydrogen-bond donors (Lipinski definition) is 2. The van der Waals surface area contributed by atoms with Gasteiger partial charge in [-0.3, -0.25) is 0 Å². The highest BCUT2D eigenvalue weighted by Gasteiger charge is 2.10. The summed E-state index contributed by atoms with van der Waals surface area (Å²) < 4.78 is 0. The van der Waals surface area contributed by atoms with E-state index in [0.717, 1.165) is 16.6 Å². The molecule has 0 saturated heterocycles. The van der Waals surface area contributed by atoms with Crippen LogP contribution in [0.3, 0.4) is 0 Å². The van der Waals surface area contributed by atoms with Crippen LogP contribution in [-0.4, -0.2) is 10.1 Å². The summed E-state index contributed by atoms with van der Waals surface area (Å²) in [5.74, 6) is 0. The van der Waals surface area contributed by atoms with Gasteiger partial charge in [0, 0.05) is 21.9 Å². The van der Waals surface area contributed by atoms with Gasteiger partial charge in [0.25, 0.3) is 0 Å². The number of fused-ring (bicyclic) bond motifs is 3. The van der Waals surface area contributed by atoms with Crippen molar-refractivity contribution in [1.82, 2.24) is 4.98 Å². The number of aromatic amines is 1. The van der Waals surface area contributed by atoms with Crippen LogP contribution in [0.15, 0.2) is 42.5 Å². The maximum Gasteiger partial charge on any atom is 0.0782 e. The van der Waals surface area contributed by atoms with Crippen LogP contribution in [-0.2, 0) is 0 Å². The molecule has 1 unspecified atom stereocenters. The average molecular weight is 211 g/mol. The average Bonchev–Trinajstić information content (AvgIpc) is 2.67. The van der Waals surface area contributed by atoms with Gasteiger partial charge in [0.2, 0.25) is 0 Å². The first-order chi connectivity index (χ1) is 7.77. The molecule has 80 valence electrons. The Kier molecular flexibility index (Phi) is 1.98. The maximum absolute atomic E-state index is 9.73.